The lowest BCUT2D eigenvalue weighted by molar-refractivity contribution is 0.299. The van der Waals surface area contributed by atoms with Gasteiger partial charge >= 0.3 is 0 Å². The molecule has 2 nitrogen and oxygen atoms in total. The number of ether oxygens (including phenoxy) is 1. The van der Waals surface area contributed by atoms with Crippen molar-refractivity contribution in [3.8, 4) is 5.75 Å². The van der Waals surface area contributed by atoms with E-state index in [4.69, 9.17) is 4.74 Å². The molecule has 2 rings (SSSR count). The summed E-state index contributed by atoms with van der Waals surface area (Å²) in [5, 5.41) is 3.50. The van der Waals surface area contributed by atoms with Crippen LogP contribution in [0.1, 0.15) is 25.7 Å². The van der Waals surface area contributed by atoms with Crippen molar-refractivity contribution in [3.63, 3.8) is 0 Å². The Labute approximate surface area is 91.6 Å². The number of hydrogen-bond donors (Lipinski definition) is 1. The Morgan fingerprint density at radius 2 is 2.13 bits per heavy atom. The Hall–Kier alpha value is -1.02. The molecular weight excluding hydrogens is 186 g/mol. The van der Waals surface area contributed by atoms with Gasteiger partial charge in [0.1, 0.15) is 5.75 Å². The zero-order valence-corrected chi connectivity index (χ0v) is 9.11. The van der Waals surface area contributed by atoms with Crippen molar-refractivity contribution >= 4 is 0 Å². The minimum Gasteiger partial charge on any atom is -0.494 e. The zero-order valence-electron chi connectivity index (χ0n) is 9.11. The average molecular weight is 205 g/mol. The molecule has 0 saturated carbocycles. The van der Waals surface area contributed by atoms with Gasteiger partial charge in [0.2, 0.25) is 0 Å². The van der Waals surface area contributed by atoms with Gasteiger partial charge in [0.25, 0.3) is 0 Å². The van der Waals surface area contributed by atoms with Crippen LogP contribution in [0.2, 0.25) is 0 Å². The summed E-state index contributed by atoms with van der Waals surface area (Å²) in [6.45, 7) is 2.03. The molecule has 1 aromatic carbocycles. The van der Waals surface area contributed by atoms with Crippen molar-refractivity contribution in [2.24, 2.45) is 0 Å². The molecule has 15 heavy (non-hydrogen) atoms. The van der Waals surface area contributed by atoms with Crippen LogP contribution in [0.15, 0.2) is 30.3 Å². The normalized spacial score (nSPS) is 20.4. The van der Waals surface area contributed by atoms with Crippen LogP contribution in [0.4, 0.5) is 0 Å². The van der Waals surface area contributed by atoms with Gasteiger partial charge in [-0.15, -0.1) is 0 Å². The maximum Gasteiger partial charge on any atom is 0.119 e. The molecular formula is C13H19NO. The molecule has 1 N–H and O–H groups in total. The molecule has 0 spiro atoms. The maximum atomic E-state index is 5.64. The number of hydrogen-bond acceptors (Lipinski definition) is 2. The molecule has 0 aliphatic carbocycles. The van der Waals surface area contributed by atoms with E-state index in [0.29, 0.717) is 0 Å². The van der Waals surface area contributed by atoms with E-state index in [0.717, 1.165) is 24.8 Å². The first-order valence-electron chi connectivity index (χ1n) is 5.86. The van der Waals surface area contributed by atoms with Gasteiger partial charge in [-0.1, -0.05) is 18.2 Å². The van der Waals surface area contributed by atoms with Gasteiger partial charge in [0, 0.05) is 6.04 Å². The van der Waals surface area contributed by atoms with E-state index >= 15 is 0 Å². The van der Waals surface area contributed by atoms with Crippen molar-refractivity contribution in [2.75, 3.05) is 13.2 Å². The topological polar surface area (TPSA) is 21.3 Å². The molecule has 1 aromatic rings. The van der Waals surface area contributed by atoms with Gasteiger partial charge in [-0.05, 0) is 44.4 Å². The van der Waals surface area contributed by atoms with Gasteiger partial charge in [0.05, 0.1) is 6.61 Å². The minimum absolute atomic E-state index is 0.740. The fourth-order valence-corrected chi connectivity index (χ4v) is 2.04. The Bertz CT molecular complexity index is 267. The first-order valence-corrected chi connectivity index (χ1v) is 5.86. The highest BCUT2D eigenvalue weighted by Crippen LogP contribution is 2.12. The summed E-state index contributed by atoms with van der Waals surface area (Å²) in [5.74, 6) is 0.983. The van der Waals surface area contributed by atoms with Crippen LogP contribution >= 0.6 is 0 Å². The number of para-hydroxylation sites is 1. The third-order valence-electron chi connectivity index (χ3n) is 2.87. The van der Waals surface area contributed by atoms with Gasteiger partial charge in [-0.2, -0.15) is 0 Å². The summed E-state index contributed by atoms with van der Waals surface area (Å²) in [7, 11) is 0. The quantitative estimate of drug-likeness (QED) is 0.746. The summed E-state index contributed by atoms with van der Waals surface area (Å²) >= 11 is 0. The molecule has 1 fully saturated rings. The minimum atomic E-state index is 0.740. The third-order valence-corrected chi connectivity index (χ3v) is 2.87. The lowest BCUT2D eigenvalue weighted by Gasteiger charge is -2.10. The zero-order chi connectivity index (χ0) is 10.3. The van der Waals surface area contributed by atoms with E-state index in [-0.39, 0.29) is 0 Å². The summed E-state index contributed by atoms with van der Waals surface area (Å²) in [5.41, 5.74) is 0. The highest BCUT2D eigenvalue weighted by molar-refractivity contribution is 5.20. The first-order chi connectivity index (χ1) is 7.45. The molecule has 1 atom stereocenters. The van der Waals surface area contributed by atoms with E-state index in [1.54, 1.807) is 0 Å². The molecule has 1 heterocycles. The molecule has 1 aliphatic heterocycles. The van der Waals surface area contributed by atoms with E-state index in [1.165, 1.54) is 25.8 Å². The predicted octanol–water partition coefficient (Wildman–Crippen LogP) is 2.60. The number of nitrogens with one attached hydrogen (secondary N) is 1. The summed E-state index contributed by atoms with van der Waals surface area (Å²) in [6.07, 6.45) is 5.06. The van der Waals surface area contributed by atoms with Crippen molar-refractivity contribution in [2.45, 2.75) is 31.7 Å². The maximum absolute atomic E-state index is 5.64. The van der Waals surface area contributed by atoms with Gasteiger partial charge in [-0.3, -0.25) is 0 Å². The fourth-order valence-electron chi connectivity index (χ4n) is 2.04. The summed E-state index contributed by atoms with van der Waals surface area (Å²) < 4.78 is 5.64. The van der Waals surface area contributed by atoms with Crippen molar-refractivity contribution in [1.82, 2.24) is 5.32 Å². The van der Waals surface area contributed by atoms with Gasteiger partial charge in [-0.25, -0.2) is 0 Å². The van der Waals surface area contributed by atoms with Crippen LogP contribution in [-0.2, 0) is 0 Å². The molecule has 0 bridgehead atoms. The van der Waals surface area contributed by atoms with E-state index < -0.39 is 0 Å². The number of rotatable bonds is 5. The molecule has 82 valence electrons. The van der Waals surface area contributed by atoms with Gasteiger partial charge in [0.15, 0.2) is 0 Å². The Kier molecular flexibility index (Phi) is 4.03. The second-order valence-electron chi connectivity index (χ2n) is 4.10. The molecule has 0 unspecified atom stereocenters. The largest absolute Gasteiger partial charge is 0.494 e. The molecule has 0 amide bonds. The lowest BCUT2D eigenvalue weighted by Crippen LogP contribution is -2.21. The summed E-state index contributed by atoms with van der Waals surface area (Å²) in [6, 6.07) is 10.8. The standard InChI is InChI=1S/C13H19NO/c1-2-8-13(9-3-1)15-11-5-7-12-6-4-10-14-12/h1-3,8-9,12,14H,4-7,10-11H2/t12-/m1/s1. The van der Waals surface area contributed by atoms with Crippen molar-refractivity contribution in [1.29, 1.82) is 0 Å². The Morgan fingerprint density at radius 3 is 2.87 bits per heavy atom. The third kappa shape index (κ3) is 3.56. The van der Waals surface area contributed by atoms with Crippen LogP contribution in [0.3, 0.4) is 0 Å². The smallest absolute Gasteiger partial charge is 0.119 e. The van der Waals surface area contributed by atoms with Crippen LogP contribution in [0, 0.1) is 0 Å². The molecule has 1 saturated heterocycles. The molecule has 2 heteroatoms. The molecule has 0 aromatic heterocycles. The Balaban J connectivity index is 1.59. The van der Waals surface area contributed by atoms with Crippen molar-refractivity contribution < 1.29 is 4.74 Å². The van der Waals surface area contributed by atoms with E-state index in [1.807, 2.05) is 30.3 Å². The van der Waals surface area contributed by atoms with Gasteiger partial charge < -0.3 is 10.1 Å². The summed E-state index contributed by atoms with van der Waals surface area (Å²) in [4.78, 5) is 0. The fraction of sp³-hybridized carbons (Fsp3) is 0.538. The average Bonchev–Trinajstić information content (AvgIpc) is 2.79. The second kappa shape index (κ2) is 5.76. The second-order valence-corrected chi connectivity index (χ2v) is 4.10. The van der Waals surface area contributed by atoms with Crippen LogP contribution in [0.25, 0.3) is 0 Å². The van der Waals surface area contributed by atoms with E-state index in [9.17, 15) is 0 Å². The molecule has 1 aliphatic rings. The SMILES string of the molecule is c1ccc(OCCC[C@H]2CCCN2)cc1. The van der Waals surface area contributed by atoms with Crippen LogP contribution in [0.5, 0.6) is 5.75 Å². The predicted molar refractivity (Wildman–Crippen MR) is 62.2 cm³/mol. The van der Waals surface area contributed by atoms with E-state index in [2.05, 4.69) is 5.32 Å². The molecule has 0 radical (unpaired) electrons. The van der Waals surface area contributed by atoms with Crippen molar-refractivity contribution in [3.05, 3.63) is 30.3 Å². The highest BCUT2D eigenvalue weighted by Gasteiger charge is 2.12. The Morgan fingerprint density at radius 1 is 1.27 bits per heavy atom. The first kappa shape index (κ1) is 10.5. The number of benzene rings is 1. The van der Waals surface area contributed by atoms with Crippen LogP contribution in [-0.4, -0.2) is 19.2 Å². The highest BCUT2D eigenvalue weighted by atomic mass is 16.5. The monoisotopic (exact) mass is 205 g/mol. The lowest BCUT2D eigenvalue weighted by atomic mass is 10.1. The van der Waals surface area contributed by atoms with Crippen LogP contribution < -0.4 is 10.1 Å².